The molecule has 3 aromatic rings. The first-order valence-corrected chi connectivity index (χ1v) is 10.4. The molecule has 1 aliphatic heterocycles. The summed E-state index contributed by atoms with van der Waals surface area (Å²) >= 11 is 1.65. The molecule has 0 aliphatic carbocycles. The number of aryl methyl sites for hydroxylation is 1. The van der Waals surface area contributed by atoms with Crippen LogP contribution in [0.25, 0.3) is 0 Å². The minimum absolute atomic E-state index is 0.00981. The number of rotatable bonds is 5. The van der Waals surface area contributed by atoms with E-state index in [2.05, 4.69) is 15.5 Å². The number of thioether (sulfide) groups is 1. The summed E-state index contributed by atoms with van der Waals surface area (Å²) in [6, 6.07) is 15.2. The summed E-state index contributed by atoms with van der Waals surface area (Å²) in [4.78, 5) is 27.8. The zero-order chi connectivity index (χ0) is 20.4. The summed E-state index contributed by atoms with van der Waals surface area (Å²) in [6.45, 7) is 2.32. The molecule has 2 amide bonds. The Morgan fingerprint density at radius 2 is 1.93 bits per heavy atom. The molecule has 0 spiro atoms. The van der Waals surface area contributed by atoms with Crippen LogP contribution in [0, 0.1) is 6.92 Å². The second kappa shape index (κ2) is 8.08. The standard InChI is InChI=1S/C21H20N4O3S/c1-13-5-3-4-6-17(13)19(27)22-21-24-23-20(28-21)14-11-18(26)25(12-14)15-7-9-16(29-2)10-8-15/h3-10,14H,11-12H2,1-2H3,(H,22,24,27). The number of aromatic nitrogens is 2. The third kappa shape index (κ3) is 4.02. The first-order valence-electron chi connectivity index (χ1n) is 9.20. The van der Waals surface area contributed by atoms with Crippen LogP contribution >= 0.6 is 11.8 Å². The fraction of sp³-hybridized carbons (Fsp3) is 0.238. The van der Waals surface area contributed by atoms with Gasteiger partial charge in [0.2, 0.25) is 11.8 Å². The minimum Gasteiger partial charge on any atom is -0.407 e. The van der Waals surface area contributed by atoms with Crippen molar-refractivity contribution in [3.8, 4) is 0 Å². The third-order valence-corrected chi connectivity index (χ3v) is 5.65. The maximum absolute atomic E-state index is 12.5. The molecule has 8 heteroatoms. The normalized spacial score (nSPS) is 16.3. The van der Waals surface area contributed by atoms with E-state index >= 15 is 0 Å². The Bertz CT molecular complexity index is 1050. The van der Waals surface area contributed by atoms with Gasteiger partial charge in [-0.15, -0.1) is 16.9 Å². The first kappa shape index (κ1) is 19.2. The lowest BCUT2D eigenvalue weighted by Crippen LogP contribution is -2.24. The van der Waals surface area contributed by atoms with Crippen LogP contribution in [0.4, 0.5) is 11.7 Å². The van der Waals surface area contributed by atoms with Crippen LogP contribution in [-0.2, 0) is 4.79 Å². The quantitative estimate of drug-likeness (QED) is 0.645. The highest BCUT2D eigenvalue weighted by Gasteiger charge is 2.35. The lowest BCUT2D eigenvalue weighted by atomic mass is 10.1. The fourth-order valence-corrected chi connectivity index (χ4v) is 3.74. The fourth-order valence-electron chi connectivity index (χ4n) is 3.33. The van der Waals surface area contributed by atoms with E-state index in [1.165, 1.54) is 0 Å². The van der Waals surface area contributed by atoms with E-state index in [1.54, 1.807) is 28.8 Å². The molecule has 0 radical (unpaired) electrons. The largest absolute Gasteiger partial charge is 0.407 e. The topological polar surface area (TPSA) is 88.3 Å². The van der Waals surface area contributed by atoms with Crippen LogP contribution in [0.5, 0.6) is 0 Å². The number of hydrogen-bond acceptors (Lipinski definition) is 6. The van der Waals surface area contributed by atoms with Crippen molar-refractivity contribution in [2.75, 3.05) is 23.0 Å². The molecule has 4 rings (SSSR count). The summed E-state index contributed by atoms with van der Waals surface area (Å²) in [5, 5.41) is 10.6. The molecule has 1 aromatic heterocycles. The van der Waals surface area contributed by atoms with Gasteiger partial charge in [0.05, 0.1) is 5.92 Å². The second-order valence-corrected chi connectivity index (χ2v) is 7.70. The number of hydrogen-bond donors (Lipinski definition) is 1. The number of nitrogens with zero attached hydrogens (tertiary/aromatic N) is 3. The average Bonchev–Trinajstić information content (AvgIpc) is 3.35. The number of anilines is 2. The highest BCUT2D eigenvalue weighted by atomic mass is 32.2. The molecule has 1 unspecified atom stereocenters. The van der Waals surface area contributed by atoms with Crippen molar-refractivity contribution in [2.24, 2.45) is 0 Å². The van der Waals surface area contributed by atoms with Gasteiger partial charge >= 0.3 is 6.01 Å². The monoisotopic (exact) mass is 408 g/mol. The number of carbonyl (C=O) groups excluding carboxylic acids is 2. The van der Waals surface area contributed by atoms with Crippen molar-refractivity contribution in [2.45, 2.75) is 24.2 Å². The molecule has 29 heavy (non-hydrogen) atoms. The SMILES string of the molecule is CSc1ccc(N2CC(c3nnc(NC(=O)c4ccccc4C)o3)CC2=O)cc1. The van der Waals surface area contributed by atoms with E-state index in [0.29, 0.717) is 18.0 Å². The predicted molar refractivity (Wildman–Crippen MR) is 111 cm³/mol. The zero-order valence-corrected chi connectivity index (χ0v) is 16.9. The lowest BCUT2D eigenvalue weighted by Gasteiger charge is -2.16. The summed E-state index contributed by atoms with van der Waals surface area (Å²) in [5.74, 6) is -0.159. The van der Waals surface area contributed by atoms with Gasteiger partial charge in [-0.1, -0.05) is 23.3 Å². The van der Waals surface area contributed by atoms with E-state index in [1.807, 2.05) is 49.6 Å². The molecule has 0 bridgehead atoms. The van der Waals surface area contributed by atoms with Gasteiger partial charge in [-0.05, 0) is 49.1 Å². The van der Waals surface area contributed by atoms with Crippen molar-refractivity contribution < 1.29 is 14.0 Å². The van der Waals surface area contributed by atoms with E-state index in [4.69, 9.17) is 4.42 Å². The van der Waals surface area contributed by atoms with Gasteiger partial charge < -0.3 is 9.32 Å². The van der Waals surface area contributed by atoms with Gasteiger partial charge in [-0.3, -0.25) is 14.9 Å². The molecule has 0 saturated carbocycles. The molecule has 2 aromatic carbocycles. The zero-order valence-electron chi connectivity index (χ0n) is 16.1. The average molecular weight is 408 g/mol. The molecule has 1 atom stereocenters. The highest BCUT2D eigenvalue weighted by molar-refractivity contribution is 7.98. The Labute approximate surface area is 172 Å². The van der Waals surface area contributed by atoms with Gasteiger partial charge in [-0.25, -0.2) is 0 Å². The Morgan fingerprint density at radius 1 is 1.17 bits per heavy atom. The molecule has 1 saturated heterocycles. The van der Waals surface area contributed by atoms with Crippen molar-refractivity contribution in [3.05, 3.63) is 65.5 Å². The second-order valence-electron chi connectivity index (χ2n) is 6.82. The van der Waals surface area contributed by atoms with E-state index in [0.717, 1.165) is 16.1 Å². The van der Waals surface area contributed by atoms with Gasteiger partial charge in [-0.2, -0.15) is 0 Å². The molecule has 1 fully saturated rings. The summed E-state index contributed by atoms with van der Waals surface area (Å²) in [6.07, 6.45) is 2.30. The minimum atomic E-state index is -0.309. The van der Waals surface area contributed by atoms with Gasteiger partial charge in [0.15, 0.2) is 0 Å². The van der Waals surface area contributed by atoms with Crippen LogP contribution in [0.3, 0.4) is 0 Å². The van der Waals surface area contributed by atoms with E-state index in [9.17, 15) is 9.59 Å². The maximum Gasteiger partial charge on any atom is 0.322 e. The molecule has 1 N–H and O–H groups in total. The van der Waals surface area contributed by atoms with Crippen LogP contribution in [0.15, 0.2) is 57.8 Å². The van der Waals surface area contributed by atoms with Crippen LogP contribution in [0.1, 0.15) is 34.2 Å². The molecular weight excluding hydrogens is 388 g/mol. The number of benzene rings is 2. The molecule has 2 heterocycles. The van der Waals surface area contributed by atoms with Crippen LogP contribution in [-0.4, -0.2) is 34.8 Å². The van der Waals surface area contributed by atoms with E-state index < -0.39 is 0 Å². The number of nitrogens with one attached hydrogen (secondary N) is 1. The predicted octanol–water partition coefficient (Wildman–Crippen LogP) is 3.87. The number of amides is 2. The Morgan fingerprint density at radius 3 is 2.66 bits per heavy atom. The third-order valence-electron chi connectivity index (χ3n) is 4.91. The van der Waals surface area contributed by atoms with E-state index in [-0.39, 0.29) is 30.2 Å². The van der Waals surface area contributed by atoms with Gasteiger partial charge in [0, 0.05) is 29.1 Å². The lowest BCUT2D eigenvalue weighted by molar-refractivity contribution is -0.117. The van der Waals surface area contributed by atoms with Crippen molar-refractivity contribution in [3.63, 3.8) is 0 Å². The van der Waals surface area contributed by atoms with Crippen molar-refractivity contribution in [1.82, 2.24) is 10.2 Å². The molecule has 148 valence electrons. The van der Waals surface area contributed by atoms with Crippen molar-refractivity contribution >= 4 is 35.3 Å². The summed E-state index contributed by atoms with van der Waals surface area (Å²) < 4.78 is 5.63. The summed E-state index contributed by atoms with van der Waals surface area (Å²) in [7, 11) is 0. The highest BCUT2D eigenvalue weighted by Crippen LogP contribution is 2.32. The summed E-state index contributed by atoms with van der Waals surface area (Å²) in [5.41, 5.74) is 2.25. The molecular formula is C21H20N4O3S. The van der Waals surface area contributed by atoms with Gasteiger partial charge in [0.25, 0.3) is 5.91 Å². The van der Waals surface area contributed by atoms with Crippen LogP contribution in [0.2, 0.25) is 0 Å². The Balaban J connectivity index is 1.45. The van der Waals surface area contributed by atoms with Crippen molar-refractivity contribution in [1.29, 1.82) is 0 Å². The Kier molecular flexibility index (Phi) is 5.35. The Hall–Kier alpha value is -3.13. The molecule has 7 nitrogen and oxygen atoms in total. The first-order chi connectivity index (χ1) is 14.0. The molecule has 1 aliphatic rings. The maximum atomic E-state index is 12.5. The smallest absolute Gasteiger partial charge is 0.322 e. The van der Waals surface area contributed by atoms with Crippen LogP contribution < -0.4 is 10.2 Å². The number of carbonyl (C=O) groups is 2. The van der Waals surface area contributed by atoms with Gasteiger partial charge in [0.1, 0.15) is 0 Å².